The Hall–Kier alpha value is -4.53. The Morgan fingerprint density at radius 2 is 1.67 bits per heavy atom. The van der Waals surface area contributed by atoms with Crippen LogP contribution in [0.1, 0.15) is 5.69 Å². The molecule has 4 rings (SSSR count). The number of nitro benzene ring substituents is 2. The van der Waals surface area contributed by atoms with Crippen molar-refractivity contribution >= 4 is 34.0 Å². The van der Waals surface area contributed by atoms with E-state index in [0.717, 1.165) is 28.2 Å². The molecule has 0 saturated heterocycles. The van der Waals surface area contributed by atoms with Gasteiger partial charge in [0.25, 0.3) is 5.69 Å². The lowest BCUT2D eigenvalue weighted by Crippen LogP contribution is -2.01. The molecule has 30 heavy (non-hydrogen) atoms. The number of hydrazone groups is 1. The van der Waals surface area contributed by atoms with Gasteiger partial charge < -0.3 is 4.57 Å². The van der Waals surface area contributed by atoms with Crippen LogP contribution in [0, 0.1) is 20.2 Å². The Bertz CT molecular complexity index is 1300. The van der Waals surface area contributed by atoms with Gasteiger partial charge in [0.2, 0.25) is 0 Å². The van der Waals surface area contributed by atoms with E-state index in [1.165, 1.54) is 18.3 Å². The van der Waals surface area contributed by atoms with Gasteiger partial charge in [-0.1, -0.05) is 30.3 Å². The molecule has 0 aliphatic rings. The van der Waals surface area contributed by atoms with Crippen molar-refractivity contribution < 1.29 is 9.85 Å². The Morgan fingerprint density at radius 1 is 0.867 bits per heavy atom. The summed E-state index contributed by atoms with van der Waals surface area (Å²) in [6, 6.07) is 21.2. The number of non-ortho nitro benzene ring substituents is 1. The Balaban J connectivity index is 1.60. The maximum Gasteiger partial charge on any atom is 0.301 e. The second-order valence-electron chi connectivity index (χ2n) is 6.42. The summed E-state index contributed by atoms with van der Waals surface area (Å²) in [6.07, 6.45) is 3.42. The number of hydrogen-bond donors (Lipinski definition) is 1. The molecule has 1 aromatic heterocycles. The number of nitrogens with one attached hydrogen (secondary N) is 1. The average molecular weight is 401 g/mol. The first-order chi connectivity index (χ1) is 14.5. The first-order valence-electron chi connectivity index (χ1n) is 8.91. The molecule has 4 aromatic rings. The molecular weight excluding hydrogens is 386 g/mol. The van der Waals surface area contributed by atoms with Gasteiger partial charge in [-0.2, -0.15) is 5.10 Å². The molecule has 9 nitrogen and oxygen atoms in total. The number of fused-ring (bicyclic) bond motifs is 1. The average Bonchev–Trinajstić information content (AvgIpc) is 3.22. The Kier molecular flexibility index (Phi) is 4.92. The van der Waals surface area contributed by atoms with Crippen molar-refractivity contribution in [2.45, 2.75) is 0 Å². The molecule has 0 fully saturated rings. The molecule has 148 valence electrons. The molecule has 1 heterocycles. The predicted octanol–water partition coefficient (Wildman–Crippen LogP) is 4.89. The minimum Gasteiger partial charge on any atom is -0.316 e. The molecule has 0 aliphatic heterocycles. The second kappa shape index (κ2) is 7.84. The molecular formula is C21H15N5O4. The standard InChI is InChI=1S/C21H15N5O4/c27-25(28)18-9-10-20(21(13-18)26(29)30)23-22-14-19-6-3-11-24(19)17-8-7-15-4-1-2-5-16(15)12-17/h1-14,23H/b22-14+. The van der Waals surface area contributed by atoms with E-state index in [1.54, 1.807) is 0 Å². The van der Waals surface area contributed by atoms with Crippen molar-refractivity contribution in [2.75, 3.05) is 5.43 Å². The molecule has 0 atom stereocenters. The molecule has 0 amide bonds. The fraction of sp³-hybridized carbons (Fsp3) is 0. The highest BCUT2D eigenvalue weighted by Gasteiger charge is 2.19. The highest BCUT2D eigenvalue weighted by molar-refractivity contribution is 5.85. The number of nitro groups is 2. The summed E-state index contributed by atoms with van der Waals surface area (Å²) in [5, 5.41) is 28.4. The first-order valence-corrected chi connectivity index (χ1v) is 8.91. The van der Waals surface area contributed by atoms with Crippen LogP contribution in [0.5, 0.6) is 0 Å². The van der Waals surface area contributed by atoms with Gasteiger partial charge in [-0.3, -0.25) is 25.7 Å². The van der Waals surface area contributed by atoms with Crippen LogP contribution in [0.4, 0.5) is 17.1 Å². The number of anilines is 1. The fourth-order valence-corrected chi connectivity index (χ4v) is 3.11. The van der Waals surface area contributed by atoms with Crippen LogP contribution in [0.25, 0.3) is 16.5 Å². The van der Waals surface area contributed by atoms with Crippen molar-refractivity contribution in [3.63, 3.8) is 0 Å². The zero-order valence-corrected chi connectivity index (χ0v) is 15.5. The summed E-state index contributed by atoms with van der Waals surface area (Å²) in [5.74, 6) is 0. The van der Waals surface area contributed by atoms with Crippen molar-refractivity contribution in [3.05, 3.63) is 105 Å². The minimum absolute atomic E-state index is 0.0608. The number of rotatable bonds is 6. The lowest BCUT2D eigenvalue weighted by atomic mass is 10.1. The summed E-state index contributed by atoms with van der Waals surface area (Å²) in [7, 11) is 0. The minimum atomic E-state index is -0.692. The number of nitrogens with zero attached hydrogens (tertiary/aromatic N) is 4. The third-order valence-corrected chi connectivity index (χ3v) is 4.56. The van der Waals surface area contributed by atoms with Crippen molar-refractivity contribution in [1.29, 1.82) is 0 Å². The molecule has 3 aromatic carbocycles. The third-order valence-electron chi connectivity index (χ3n) is 4.56. The number of benzene rings is 3. The van der Waals surface area contributed by atoms with Crippen molar-refractivity contribution in [2.24, 2.45) is 5.10 Å². The highest BCUT2D eigenvalue weighted by atomic mass is 16.6. The Labute approximate surface area is 170 Å². The summed E-state index contributed by atoms with van der Waals surface area (Å²) in [6.45, 7) is 0. The molecule has 0 unspecified atom stereocenters. The van der Waals surface area contributed by atoms with Crippen LogP contribution < -0.4 is 5.43 Å². The lowest BCUT2D eigenvalue weighted by molar-refractivity contribution is -0.393. The smallest absolute Gasteiger partial charge is 0.301 e. The summed E-state index contributed by atoms with van der Waals surface area (Å²) in [4.78, 5) is 20.7. The van der Waals surface area contributed by atoms with Gasteiger partial charge in [-0.15, -0.1) is 0 Å². The molecule has 0 spiro atoms. The molecule has 0 saturated carbocycles. The maximum atomic E-state index is 11.2. The van der Waals surface area contributed by atoms with Crippen LogP contribution in [-0.2, 0) is 0 Å². The van der Waals surface area contributed by atoms with Gasteiger partial charge in [0.15, 0.2) is 0 Å². The second-order valence-corrected chi connectivity index (χ2v) is 6.42. The zero-order chi connectivity index (χ0) is 21.1. The van der Waals surface area contributed by atoms with E-state index < -0.39 is 15.5 Å². The van der Waals surface area contributed by atoms with E-state index in [9.17, 15) is 20.2 Å². The van der Waals surface area contributed by atoms with Crippen molar-refractivity contribution in [3.8, 4) is 5.69 Å². The Morgan fingerprint density at radius 3 is 2.43 bits per heavy atom. The van der Waals surface area contributed by atoms with Gasteiger partial charge in [0, 0.05) is 18.0 Å². The topological polar surface area (TPSA) is 116 Å². The normalized spacial score (nSPS) is 11.1. The maximum absolute atomic E-state index is 11.2. The van der Waals surface area contributed by atoms with E-state index in [1.807, 2.05) is 59.3 Å². The molecule has 0 aliphatic carbocycles. The fourth-order valence-electron chi connectivity index (χ4n) is 3.11. The SMILES string of the molecule is O=[N+]([O-])c1ccc(N/N=C/c2cccn2-c2ccc3ccccc3c2)c([N+](=O)[O-])c1. The number of hydrogen-bond acceptors (Lipinski definition) is 6. The first kappa shape index (κ1) is 18.8. The monoisotopic (exact) mass is 401 g/mol. The number of aromatic nitrogens is 1. The van der Waals surface area contributed by atoms with E-state index in [0.29, 0.717) is 0 Å². The van der Waals surface area contributed by atoms with E-state index in [2.05, 4.69) is 16.6 Å². The van der Waals surface area contributed by atoms with Crippen LogP contribution >= 0.6 is 0 Å². The summed E-state index contributed by atoms with van der Waals surface area (Å²) in [5.41, 5.74) is 3.57. The summed E-state index contributed by atoms with van der Waals surface area (Å²) >= 11 is 0. The largest absolute Gasteiger partial charge is 0.316 e. The van der Waals surface area contributed by atoms with E-state index >= 15 is 0 Å². The molecule has 1 N–H and O–H groups in total. The lowest BCUT2D eigenvalue weighted by Gasteiger charge is -2.08. The van der Waals surface area contributed by atoms with Crippen LogP contribution in [0.2, 0.25) is 0 Å². The quantitative estimate of drug-likeness (QED) is 0.280. The van der Waals surface area contributed by atoms with Gasteiger partial charge in [0.1, 0.15) is 5.69 Å². The van der Waals surface area contributed by atoms with Crippen LogP contribution in [-0.4, -0.2) is 20.6 Å². The third kappa shape index (κ3) is 3.72. The molecule has 0 radical (unpaired) electrons. The van der Waals surface area contributed by atoms with E-state index in [-0.39, 0.29) is 11.4 Å². The van der Waals surface area contributed by atoms with Gasteiger partial charge in [-0.25, -0.2) is 0 Å². The van der Waals surface area contributed by atoms with E-state index in [4.69, 9.17) is 0 Å². The molecule has 0 bridgehead atoms. The summed E-state index contributed by atoms with van der Waals surface area (Å²) < 4.78 is 1.93. The van der Waals surface area contributed by atoms with Crippen LogP contribution in [0.3, 0.4) is 0 Å². The van der Waals surface area contributed by atoms with Crippen molar-refractivity contribution in [1.82, 2.24) is 4.57 Å². The molecule has 9 heteroatoms. The van der Waals surface area contributed by atoms with Gasteiger partial charge in [-0.05, 0) is 41.1 Å². The highest BCUT2D eigenvalue weighted by Crippen LogP contribution is 2.29. The zero-order valence-electron chi connectivity index (χ0n) is 15.5. The van der Waals surface area contributed by atoms with Gasteiger partial charge >= 0.3 is 5.69 Å². The van der Waals surface area contributed by atoms with Crippen LogP contribution in [0.15, 0.2) is 84.1 Å². The van der Waals surface area contributed by atoms with Gasteiger partial charge in [0.05, 0.1) is 27.8 Å². The predicted molar refractivity (Wildman–Crippen MR) is 114 cm³/mol.